The quantitative estimate of drug-likeness (QED) is 0.568. The van der Waals surface area contributed by atoms with E-state index in [1.165, 1.54) is 38.9 Å². The molecule has 0 fully saturated rings. The summed E-state index contributed by atoms with van der Waals surface area (Å²) in [5.74, 6) is 0. The van der Waals surface area contributed by atoms with Crippen LogP contribution < -0.4 is 0 Å². The van der Waals surface area contributed by atoms with Gasteiger partial charge in [0.1, 0.15) is 12.8 Å². The van der Waals surface area contributed by atoms with E-state index in [1.807, 2.05) is 0 Å². The highest BCUT2D eigenvalue weighted by Crippen LogP contribution is 1.97. The number of hydrogen-bond donors (Lipinski definition) is 0. The van der Waals surface area contributed by atoms with Gasteiger partial charge in [-0.2, -0.15) is 0 Å². The van der Waals surface area contributed by atoms with Crippen molar-refractivity contribution >= 4 is 16.1 Å². The van der Waals surface area contributed by atoms with Gasteiger partial charge in [-0.05, 0) is 13.0 Å². The van der Waals surface area contributed by atoms with E-state index < -0.39 is 0 Å². The first-order valence-electron chi connectivity index (χ1n) is 5.16. The van der Waals surface area contributed by atoms with Crippen LogP contribution in [0.2, 0.25) is 0 Å². The van der Waals surface area contributed by atoms with Crippen molar-refractivity contribution in [2.24, 2.45) is 0 Å². The van der Waals surface area contributed by atoms with Gasteiger partial charge in [-0.1, -0.05) is 20.3 Å². The zero-order valence-corrected chi connectivity index (χ0v) is 9.84. The zero-order valence-electron chi connectivity index (χ0n) is 8.42. The van der Waals surface area contributed by atoms with Gasteiger partial charge >= 0.3 is 9.84 Å². The van der Waals surface area contributed by atoms with Crippen molar-refractivity contribution < 1.29 is 4.24 Å². The monoisotopic (exact) mass is 185 g/mol. The molecule has 3 heteroatoms. The summed E-state index contributed by atoms with van der Waals surface area (Å²) in [5, 5.41) is 0. The molecule has 0 saturated heterocycles. The molecule has 0 N–H and O–H groups in total. The van der Waals surface area contributed by atoms with Gasteiger partial charge < -0.3 is 4.24 Å². The molecule has 0 amide bonds. The van der Waals surface area contributed by atoms with Crippen molar-refractivity contribution in [3.05, 3.63) is 0 Å². The van der Waals surface area contributed by atoms with Crippen LogP contribution in [0.1, 0.15) is 33.1 Å². The van der Waals surface area contributed by atoms with Crippen molar-refractivity contribution in [3.8, 4) is 0 Å². The second-order valence-electron chi connectivity index (χ2n) is 3.57. The first-order valence-corrected chi connectivity index (χ1v) is 6.43. The van der Waals surface area contributed by atoms with Gasteiger partial charge in [-0.15, -0.1) is 0 Å². The molecule has 12 heavy (non-hydrogen) atoms. The molecule has 0 saturated carbocycles. The summed E-state index contributed by atoms with van der Waals surface area (Å²) in [4.78, 5) is 0. The maximum Gasteiger partial charge on any atom is 0.412 e. The van der Waals surface area contributed by atoms with Gasteiger partial charge in [0.2, 0.25) is 0 Å². The van der Waals surface area contributed by atoms with E-state index in [0.29, 0.717) is 0 Å². The highest BCUT2D eigenvalue weighted by Gasteiger charge is 2.19. The van der Waals surface area contributed by atoms with Crippen LogP contribution in [-0.2, 0) is 0 Å². The Hall–Kier alpha value is -0.153. The minimum absolute atomic E-state index is 0.0490. The molecule has 0 unspecified atom stereocenters. The van der Waals surface area contributed by atoms with Crippen molar-refractivity contribution in [2.75, 3.05) is 19.6 Å². The second-order valence-corrected chi connectivity index (χ2v) is 5.56. The fourth-order valence-electron chi connectivity index (χ4n) is 1.60. The van der Waals surface area contributed by atoms with Gasteiger partial charge in [0, 0.05) is 6.42 Å². The van der Waals surface area contributed by atoms with Crippen LogP contribution in [0.4, 0.5) is 0 Å². The lowest BCUT2D eigenvalue weighted by atomic mass is 10.3. The molecule has 0 spiro atoms. The Labute approximate surface area is 78.3 Å². The second kappa shape index (κ2) is 5.49. The predicted molar refractivity (Wildman–Crippen MR) is 56.5 cm³/mol. The van der Waals surface area contributed by atoms with Crippen LogP contribution >= 0.6 is 0 Å². The summed E-state index contributed by atoms with van der Waals surface area (Å²) >= 11 is 0. The molecule has 0 radical (unpaired) electrons. The smallest absolute Gasteiger partial charge is 0.305 e. The lowest BCUT2D eigenvalue weighted by molar-refractivity contribution is -0.377. The molecule has 0 aromatic heterocycles. The normalized spacial score (nSPS) is 20.3. The van der Waals surface area contributed by atoms with Crippen molar-refractivity contribution in [1.82, 2.24) is 4.57 Å². The summed E-state index contributed by atoms with van der Waals surface area (Å²) in [6.07, 6.45) is 6.40. The zero-order chi connectivity index (χ0) is 8.81. The first kappa shape index (κ1) is 9.93. The first-order chi connectivity index (χ1) is 5.86. The Morgan fingerprint density at radius 3 is 2.92 bits per heavy atom. The molecule has 0 atom stereocenters. The lowest BCUT2D eigenvalue weighted by Gasteiger charge is -2.08. The number of rotatable bonds is 5. The summed E-state index contributed by atoms with van der Waals surface area (Å²) in [6.45, 7) is 8.38. The third-order valence-electron chi connectivity index (χ3n) is 2.32. The molecular formula is C9H21N2Si+. The van der Waals surface area contributed by atoms with Crippen LogP contribution in [0.15, 0.2) is 0 Å². The molecule has 70 valence electrons. The van der Waals surface area contributed by atoms with Gasteiger partial charge in [0.15, 0.2) is 0 Å². The molecule has 0 aliphatic carbocycles. The molecular weight excluding hydrogens is 164 g/mol. The number of hydrogen-bond acceptors (Lipinski definition) is 1. The minimum Gasteiger partial charge on any atom is -0.305 e. The van der Waals surface area contributed by atoms with Crippen molar-refractivity contribution in [1.29, 1.82) is 0 Å². The molecule has 0 bridgehead atoms. The molecule has 0 aromatic carbocycles. The fourth-order valence-corrected chi connectivity index (χ4v) is 3.39. The van der Waals surface area contributed by atoms with Gasteiger partial charge in [-0.3, -0.25) is 4.57 Å². The molecule has 1 heterocycles. The van der Waals surface area contributed by atoms with Gasteiger partial charge in [0.05, 0.1) is 6.54 Å². The van der Waals surface area contributed by atoms with E-state index in [-0.39, 0.29) is 9.84 Å². The van der Waals surface area contributed by atoms with Gasteiger partial charge in [0.25, 0.3) is 0 Å². The Balaban J connectivity index is 2.13. The third-order valence-corrected chi connectivity index (χ3v) is 4.23. The van der Waals surface area contributed by atoms with E-state index in [1.54, 1.807) is 0 Å². The highest BCUT2D eigenvalue weighted by atomic mass is 28.2. The van der Waals surface area contributed by atoms with E-state index in [4.69, 9.17) is 0 Å². The molecule has 2 nitrogen and oxygen atoms in total. The van der Waals surface area contributed by atoms with Gasteiger partial charge in [-0.25, -0.2) is 0 Å². The minimum atomic E-state index is -0.0490. The van der Waals surface area contributed by atoms with E-state index in [0.717, 1.165) is 0 Å². The Kier molecular flexibility index (Phi) is 4.54. The topological polar surface area (TPSA) is 6.25 Å². The summed E-state index contributed by atoms with van der Waals surface area (Å²) < 4.78 is 5.22. The summed E-state index contributed by atoms with van der Waals surface area (Å²) in [5.41, 5.74) is 0. The van der Waals surface area contributed by atoms with E-state index >= 15 is 0 Å². The number of unbranched alkanes of at least 4 members (excludes halogenated alkanes) is 1. The van der Waals surface area contributed by atoms with Crippen molar-refractivity contribution in [3.63, 3.8) is 0 Å². The third kappa shape index (κ3) is 3.07. The fraction of sp³-hybridized carbons (Fsp3) is 0.889. The Morgan fingerprint density at radius 1 is 1.42 bits per heavy atom. The lowest BCUT2D eigenvalue weighted by Crippen LogP contribution is -2.29. The van der Waals surface area contributed by atoms with Crippen molar-refractivity contribution in [2.45, 2.75) is 33.1 Å². The largest absolute Gasteiger partial charge is 0.412 e. The van der Waals surface area contributed by atoms with Crippen LogP contribution in [-0.4, -0.2) is 44.5 Å². The highest BCUT2D eigenvalue weighted by molar-refractivity contribution is 6.24. The number of nitrogens with zero attached hydrogens (tertiary/aromatic N) is 2. The Bertz CT molecular complexity index is 157. The van der Waals surface area contributed by atoms with Crippen LogP contribution in [0.5, 0.6) is 0 Å². The van der Waals surface area contributed by atoms with E-state index in [9.17, 15) is 0 Å². The summed E-state index contributed by atoms with van der Waals surface area (Å²) in [7, 11) is -0.0490. The molecule has 0 aromatic rings. The van der Waals surface area contributed by atoms with Crippen LogP contribution in [0.25, 0.3) is 0 Å². The van der Waals surface area contributed by atoms with Crippen LogP contribution in [0, 0.1) is 0 Å². The van der Waals surface area contributed by atoms with Crippen LogP contribution in [0.3, 0.4) is 0 Å². The average Bonchev–Trinajstić information content (AvgIpc) is 2.50. The standard InChI is InChI=1S/C9H21N2Si/c1-3-5-7-11-9-8-10(12-11)6-4-2/h8H,3-7,9,12H2,1-2H3/q+1. The summed E-state index contributed by atoms with van der Waals surface area (Å²) in [6, 6.07) is 0. The molecule has 1 aliphatic rings. The predicted octanol–water partition coefficient (Wildman–Crippen LogP) is 0.594. The molecule has 1 rings (SSSR count). The maximum absolute atomic E-state index is 2.65. The average molecular weight is 185 g/mol. The molecule has 1 aliphatic heterocycles. The Morgan fingerprint density at radius 2 is 2.25 bits per heavy atom. The van der Waals surface area contributed by atoms with E-state index in [2.05, 4.69) is 28.9 Å². The SMILES string of the molecule is CCCCN1CC=[N+](CCC)[SiH2]1. The maximum atomic E-state index is 2.65.